The van der Waals surface area contributed by atoms with Crippen molar-refractivity contribution in [3.63, 3.8) is 0 Å². The molecule has 1 atom stereocenters. The molecular formula is C14H27N3O4S. The summed E-state index contributed by atoms with van der Waals surface area (Å²) in [7, 11) is -3.24. The van der Waals surface area contributed by atoms with Gasteiger partial charge in [0.1, 0.15) is 0 Å². The van der Waals surface area contributed by atoms with Gasteiger partial charge in [-0.25, -0.2) is 17.9 Å². The SMILES string of the molecule is CS(=O)(=O)NC[C@H]1CCCCN1C(=O)NC1CCC(O)CC1. The van der Waals surface area contributed by atoms with E-state index in [2.05, 4.69) is 10.0 Å². The molecule has 1 aliphatic carbocycles. The van der Waals surface area contributed by atoms with Crippen LogP contribution in [0.3, 0.4) is 0 Å². The van der Waals surface area contributed by atoms with Gasteiger partial charge in [0, 0.05) is 25.2 Å². The van der Waals surface area contributed by atoms with E-state index in [1.165, 1.54) is 0 Å². The summed E-state index contributed by atoms with van der Waals surface area (Å²) in [5.41, 5.74) is 0. The molecule has 2 amide bonds. The number of urea groups is 1. The van der Waals surface area contributed by atoms with Crippen LogP contribution in [-0.2, 0) is 10.0 Å². The van der Waals surface area contributed by atoms with Crippen molar-refractivity contribution in [3.05, 3.63) is 0 Å². The first-order valence-electron chi connectivity index (χ1n) is 8.05. The van der Waals surface area contributed by atoms with Crippen molar-refractivity contribution in [1.29, 1.82) is 0 Å². The van der Waals surface area contributed by atoms with Crippen LogP contribution in [0.15, 0.2) is 0 Å². The molecule has 8 heteroatoms. The van der Waals surface area contributed by atoms with Crippen molar-refractivity contribution in [2.24, 2.45) is 0 Å². The number of hydrogen-bond acceptors (Lipinski definition) is 4. The number of likely N-dealkylation sites (tertiary alicyclic amines) is 1. The second kappa shape index (κ2) is 7.61. The molecule has 2 aliphatic rings. The number of amides is 2. The molecule has 2 rings (SSSR count). The van der Waals surface area contributed by atoms with Crippen LogP contribution in [0.2, 0.25) is 0 Å². The smallest absolute Gasteiger partial charge is 0.317 e. The third-order valence-electron chi connectivity index (χ3n) is 4.49. The largest absolute Gasteiger partial charge is 0.393 e. The molecule has 0 aromatic carbocycles. The number of nitrogens with one attached hydrogen (secondary N) is 2. The first-order chi connectivity index (χ1) is 10.3. The Labute approximate surface area is 132 Å². The minimum atomic E-state index is -3.24. The van der Waals surface area contributed by atoms with Gasteiger partial charge >= 0.3 is 6.03 Å². The van der Waals surface area contributed by atoms with Crippen LogP contribution < -0.4 is 10.0 Å². The molecule has 0 aromatic heterocycles. The number of sulfonamides is 1. The van der Waals surface area contributed by atoms with Crippen LogP contribution in [-0.4, -0.2) is 62.0 Å². The van der Waals surface area contributed by atoms with Gasteiger partial charge in [-0.3, -0.25) is 0 Å². The highest BCUT2D eigenvalue weighted by Gasteiger charge is 2.29. The van der Waals surface area contributed by atoms with Gasteiger partial charge in [0.05, 0.1) is 12.4 Å². The van der Waals surface area contributed by atoms with Crippen molar-refractivity contribution in [3.8, 4) is 0 Å². The van der Waals surface area contributed by atoms with E-state index in [4.69, 9.17) is 0 Å². The zero-order valence-electron chi connectivity index (χ0n) is 13.1. The summed E-state index contributed by atoms with van der Waals surface area (Å²) < 4.78 is 25.0. The lowest BCUT2D eigenvalue weighted by Gasteiger charge is -2.37. The summed E-state index contributed by atoms with van der Waals surface area (Å²) >= 11 is 0. The van der Waals surface area contributed by atoms with E-state index in [1.54, 1.807) is 4.90 Å². The lowest BCUT2D eigenvalue weighted by Crippen LogP contribution is -2.54. The normalized spacial score (nSPS) is 30.1. The van der Waals surface area contributed by atoms with Crippen LogP contribution in [0.1, 0.15) is 44.9 Å². The minimum absolute atomic E-state index is 0.0855. The lowest BCUT2D eigenvalue weighted by atomic mass is 9.93. The summed E-state index contributed by atoms with van der Waals surface area (Å²) in [5, 5.41) is 12.5. The number of carbonyl (C=O) groups excluding carboxylic acids is 1. The Kier molecular flexibility index (Phi) is 6.05. The molecule has 128 valence electrons. The Morgan fingerprint density at radius 3 is 2.50 bits per heavy atom. The number of rotatable bonds is 4. The fraction of sp³-hybridized carbons (Fsp3) is 0.929. The lowest BCUT2D eigenvalue weighted by molar-refractivity contribution is 0.110. The van der Waals surface area contributed by atoms with Crippen molar-refractivity contribution in [2.45, 2.75) is 63.1 Å². The van der Waals surface area contributed by atoms with Gasteiger partial charge in [0.25, 0.3) is 0 Å². The van der Waals surface area contributed by atoms with Crippen molar-refractivity contribution >= 4 is 16.1 Å². The number of aliphatic hydroxyl groups excluding tert-OH is 1. The van der Waals surface area contributed by atoms with Crippen molar-refractivity contribution in [2.75, 3.05) is 19.3 Å². The first kappa shape index (κ1) is 17.5. The number of piperidine rings is 1. The van der Waals surface area contributed by atoms with E-state index in [-0.39, 0.29) is 30.8 Å². The van der Waals surface area contributed by atoms with Crippen LogP contribution in [0.4, 0.5) is 4.79 Å². The van der Waals surface area contributed by atoms with Gasteiger partial charge in [-0.15, -0.1) is 0 Å². The number of nitrogens with zero attached hydrogens (tertiary/aromatic N) is 1. The average molecular weight is 333 g/mol. The second-order valence-electron chi connectivity index (χ2n) is 6.42. The molecule has 22 heavy (non-hydrogen) atoms. The molecule has 1 saturated carbocycles. The minimum Gasteiger partial charge on any atom is -0.393 e. The highest BCUT2D eigenvalue weighted by atomic mass is 32.2. The number of hydrogen-bond donors (Lipinski definition) is 3. The molecule has 0 spiro atoms. The number of aliphatic hydroxyl groups is 1. The number of carbonyl (C=O) groups is 1. The molecule has 0 bridgehead atoms. The first-order valence-corrected chi connectivity index (χ1v) is 9.94. The van der Waals surface area contributed by atoms with E-state index in [0.717, 1.165) is 51.2 Å². The molecule has 0 radical (unpaired) electrons. The topological polar surface area (TPSA) is 98.7 Å². The molecule has 1 heterocycles. The Bertz CT molecular complexity index is 474. The van der Waals surface area contributed by atoms with Gasteiger partial charge in [-0.1, -0.05) is 0 Å². The van der Waals surface area contributed by atoms with E-state index in [9.17, 15) is 18.3 Å². The van der Waals surface area contributed by atoms with Crippen molar-refractivity contribution < 1.29 is 18.3 Å². The summed E-state index contributed by atoms with van der Waals surface area (Å²) in [6.07, 6.45) is 6.72. The summed E-state index contributed by atoms with van der Waals surface area (Å²) in [5.74, 6) is 0. The molecule has 7 nitrogen and oxygen atoms in total. The Hall–Kier alpha value is -0.860. The highest BCUT2D eigenvalue weighted by molar-refractivity contribution is 7.88. The Balaban J connectivity index is 1.87. The van der Waals surface area contributed by atoms with Gasteiger partial charge in [-0.05, 0) is 44.9 Å². The Morgan fingerprint density at radius 2 is 1.86 bits per heavy atom. The van der Waals surface area contributed by atoms with Crippen LogP contribution in [0.25, 0.3) is 0 Å². The Morgan fingerprint density at radius 1 is 1.18 bits per heavy atom. The van der Waals surface area contributed by atoms with E-state index >= 15 is 0 Å². The standard InChI is InChI=1S/C14H27N3O4S/c1-22(20,21)15-10-12-4-2-3-9-17(12)14(19)16-11-5-7-13(18)8-6-11/h11-13,15,18H,2-10H2,1H3,(H,16,19)/t11?,12-,13?/m1/s1. The molecule has 1 saturated heterocycles. The quantitative estimate of drug-likeness (QED) is 0.693. The van der Waals surface area contributed by atoms with Crippen molar-refractivity contribution in [1.82, 2.24) is 14.9 Å². The fourth-order valence-corrected chi connectivity index (χ4v) is 3.70. The fourth-order valence-electron chi connectivity index (χ4n) is 3.21. The van der Waals surface area contributed by atoms with Gasteiger partial charge in [0.15, 0.2) is 0 Å². The van der Waals surface area contributed by atoms with Crippen LogP contribution in [0.5, 0.6) is 0 Å². The molecule has 0 aromatic rings. The van der Waals surface area contributed by atoms with Gasteiger partial charge < -0.3 is 15.3 Å². The molecule has 0 unspecified atom stereocenters. The molecule has 2 fully saturated rings. The van der Waals surface area contributed by atoms with Gasteiger partial charge in [-0.2, -0.15) is 0 Å². The maximum atomic E-state index is 12.5. The predicted octanol–water partition coefficient (Wildman–Crippen LogP) is 0.403. The maximum absolute atomic E-state index is 12.5. The third-order valence-corrected chi connectivity index (χ3v) is 5.18. The summed E-state index contributed by atoms with van der Waals surface area (Å²) in [4.78, 5) is 14.2. The average Bonchev–Trinajstić information content (AvgIpc) is 2.47. The molecular weight excluding hydrogens is 306 g/mol. The second-order valence-corrected chi connectivity index (χ2v) is 8.25. The van der Waals surface area contributed by atoms with Gasteiger partial charge in [0.2, 0.25) is 10.0 Å². The predicted molar refractivity (Wildman–Crippen MR) is 84.0 cm³/mol. The van der Waals surface area contributed by atoms with Crippen LogP contribution >= 0.6 is 0 Å². The van der Waals surface area contributed by atoms with E-state index < -0.39 is 10.0 Å². The highest BCUT2D eigenvalue weighted by Crippen LogP contribution is 2.20. The molecule has 1 aliphatic heterocycles. The maximum Gasteiger partial charge on any atom is 0.317 e. The monoisotopic (exact) mass is 333 g/mol. The zero-order valence-corrected chi connectivity index (χ0v) is 13.9. The van der Waals surface area contributed by atoms with E-state index in [1.807, 2.05) is 0 Å². The molecule has 3 N–H and O–H groups in total. The zero-order chi connectivity index (χ0) is 16.2. The third kappa shape index (κ3) is 5.40. The summed E-state index contributed by atoms with van der Waals surface area (Å²) in [6.45, 7) is 0.937. The van der Waals surface area contributed by atoms with E-state index in [0.29, 0.717) is 6.54 Å². The van der Waals surface area contributed by atoms with Crippen LogP contribution in [0, 0.1) is 0 Å². The summed E-state index contributed by atoms with van der Waals surface area (Å²) in [6, 6.07) is -0.0830.